The first kappa shape index (κ1) is 13.4. The van der Waals surface area contributed by atoms with Gasteiger partial charge in [0, 0.05) is 30.4 Å². The maximum Gasteiger partial charge on any atom is 0.185 e. The zero-order chi connectivity index (χ0) is 13.2. The highest BCUT2D eigenvalue weighted by molar-refractivity contribution is 7.15. The van der Waals surface area contributed by atoms with Crippen LogP contribution in [-0.4, -0.2) is 25.1 Å². The Labute approximate surface area is 120 Å². The Morgan fingerprint density at radius 2 is 2.11 bits per heavy atom. The van der Waals surface area contributed by atoms with Crippen molar-refractivity contribution in [2.75, 3.05) is 25.0 Å². The Kier molecular flexibility index (Phi) is 4.08. The van der Waals surface area contributed by atoms with Gasteiger partial charge >= 0.3 is 0 Å². The van der Waals surface area contributed by atoms with Crippen LogP contribution in [0.1, 0.15) is 55.5 Å². The first-order chi connectivity index (χ1) is 9.31. The number of hydrogen-bond donors (Lipinski definition) is 1. The molecule has 1 heterocycles. The summed E-state index contributed by atoms with van der Waals surface area (Å²) in [5.74, 6) is 1.68. The van der Waals surface area contributed by atoms with Gasteiger partial charge in [-0.3, -0.25) is 0 Å². The van der Waals surface area contributed by atoms with E-state index in [0.717, 1.165) is 24.9 Å². The molecule has 4 heteroatoms. The van der Waals surface area contributed by atoms with Crippen molar-refractivity contribution < 1.29 is 0 Å². The fourth-order valence-electron chi connectivity index (χ4n) is 2.78. The summed E-state index contributed by atoms with van der Waals surface area (Å²) in [6.07, 6.45) is 6.95. The molecule has 3 nitrogen and oxygen atoms in total. The maximum atomic E-state index is 4.98. The minimum atomic E-state index is 0.760. The Bertz CT molecular complexity index is 421. The molecular formula is C15H25N3S. The Hall–Kier alpha value is -0.610. The van der Waals surface area contributed by atoms with Crippen LogP contribution in [0.15, 0.2) is 0 Å². The van der Waals surface area contributed by atoms with Crippen molar-refractivity contribution in [2.24, 2.45) is 5.92 Å². The molecule has 1 aromatic heterocycles. The second-order valence-corrected chi connectivity index (χ2v) is 7.01. The van der Waals surface area contributed by atoms with Gasteiger partial charge < -0.3 is 10.2 Å². The van der Waals surface area contributed by atoms with E-state index in [-0.39, 0.29) is 0 Å². The highest BCUT2D eigenvalue weighted by atomic mass is 32.1. The molecule has 0 aliphatic heterocycles. The van der Waals surface area contributed by atoms with E-state index in [2.05, 4.69) is 17.1 Å². The first-order valence-corrected chi connectivity index (χ1v) is 8.52. The molecule has 0 radical (unpaired) electrons. The monoisotopic (exact) mass is 279 g/mol. The second-order valence-electron chi connectivity index (χ2n) is 5.95. The summed E-state index contributed by atoms with van der Waals surface area (Å²) in [4.78, 5) is 8.94. The number of hydrogen-bond acceptors (Lipinski definition) is 4. The molecule has 0 atom stereocenters. The lowest BCUT2D eigenvalue weighted by Gasteiger charge is -2.31. The van der Waals surface area contributed by atoms with E-state index in [1.807, 2.05) is 18.4 Å². The molecule has 0 saturated heterocycles. The van der Waals surface area contributed by atoms with Gasteiger partial charge in [-0.1, -0.05) is 6.42 Å². The highest BCUT2D eigenvalue weighted by Crippen LogP contribution is 2.44. The van der Waals surface area contributed by atoms with Crippen LogP contribution >= 0.6 is 11.3 Å². The van der Waals surface area contributed by atoms with E-state index in [0.29, 0.717) is 0 Å². The van der Waals surface area contributed by atoms with Crippen LogP contribution in [0.2, 0.25) is 0 Å². The van der Waals surface area contributed by atoms with Crippen molar-refractivity contribution in [3.63, 3.8) is 0 Å². The van der Waals surface area contributed by atoms with Gasteiger partial charge in [0.2, 0.25) is 0 Å². The molecule has 3 rings (SSSR count). The number of nitrogens with zero attached hydrogens (tertiary/aromatic N) is 2. The van der Waals surface area contributed by atoms with E-state index >= 15 is 0 Å². The van der Waals surface area contributed by atoms with Crippen LogP contribution in [0.3, 0.4) is 0 Å². The maximum absolute atomic E-state index is 4.98. The van der Waals surface area contributed by atoms with Crippen molar-refractivity contribution in [3.05, 3.63) is 10.6 Å². The van der Waals surface area contributed by atoms with Gasteiger partial charge in [-0.25, -0.2) is 4.98 Å². The number of thiazole rings is 1. The molecule has 0 spiro atoms. The number of anilines is 1. The van der Waals surface area contributed by atoms with Gasteiger partial charge in [-0.2, -0.15) is 0 Å². The van der Waals surface area contributed by atoms with Crippen LogP contribution in [0.5, 0.6) is 0 Å². The lowest BCUT2D eigenvalue weighted by Crippen LogP contribution is -2.32. The minimum absolute atomic E-state index is 0.760. The lowest BCUT2D eigenvalue weighted by atomic mass is 9.85. The van der Waals surface area contributed by atoms with E-state index in [4.69, 9.17) is 4.98 Å². The first-order valence-electron chi connectivity index (χ1n) is 7.71. The van der Waals surface area contributed by atoms with Crippen molar-refractivity contribution in [2.45, 2.75) is 51.5 Å². The zero-order valence-corrected chi connectivity index (χ0v) is 12.9. The molecule has 19 heavy (non-hydrogen) atoms. The molecule has 0 bridgehead atoms. The summed E-state index contributed by atoms with van der Waals surface area (Å²) >= 11 is 1.91. The van der Waals surface area contributed by atoms with Crippen molar-refractivity contribution >= 4 is 16.5 Å². The van der Waals surface area contributed by atoms with Gasteiger partial charge in [0.15, 0.2) is 5.13 Å². The minimum Gasteiger partial charge on any atom is -0.348 e. The van der Waals surface area contributed by atoms with Gasteiger partial charge in [-0.15, -0.1) is 11.3 Å². The van der Waals surface area contributed by atoms with Crippen LogP contribution < -0.4 is 10.2 Å². The summed E-state index contributed by atoms with van der Waals surface area (Å²) < 4.78 is 0. The SMILES string of the molecule is CCN(CC1CCC1)c1nc(C2CC2)c(CNC)s1. The molecule has 2 saturated carbocycles. The third-order valence-electron chi connectivity index (χ3n) is 4.37. The summed E-state index contributed by atoms with van der Waals surface area (Å²) in [5, 5.41) is 4.56. The number of aromatic nitrogens is 1. The Morgan fingerprint density at radius 1 is 1.32 bits per heavy atom. The summed E-state index contributed by atoms with van der Waals surface area (Å²) in [7, 11) is 2.03. The van der Waals surface area contributed by atoms with E-state index < -0.39 is 0 Å². The third-order valence-corrected chi connectivity index (χ3v) is 5.51. The smallest absolute Gasteiger partial charge is 0.185 e. The summed E-state index contributed by atoms with van der Waals surface area (Å²) in [6, 6.07) is 0. The highest BCUT2D eigenvalue weighted by Gasteiger charge is 2.30. The van der Waals surface area contributed by atoms with Crippen molar-refractivity contribution in [3.8, 4) is 0 Å². The molecule has 1 N–H and O–H groups in total. The largest absolute Gasteiger partial charge is 0.348 e. The molecule has 0 amide bonds. The molecule has 2 fully saturated rings. The molecule has 0 aromatic carbocycles. The molecule has 2 aliphatic rings. The van der Waals surface area contributed by atoms with Crippen LogP contribution in [0.4, 0.5) is 5.13 Å². The van der Waals surface area contributed by atoms with E-state index in [9.17, 15) is 0 Å². The lowest BCUT2D eigenvalue weighted by molar-refractivity contribution is 0.318. The molecule has 2 aliphatic carbocycles. The third kappa shape index (κ3) is 2.95. The molecule has 106 valence electrons. The van der Waals surface area contributed by atoms with Crippen LogP contribution in [-0.2, 0) is 6.54 Å². The second kappa shape index (κ2) is 5.80. The Morgan fingerprint density at radius 3 is 2.63 bits per heavy atom. The number of rotatable bonds is 7. The normalized spacial score (nSPS) is 19.5. The predicted molar refractivity (Wildman–Crippen MR) is 82.1 cm³/mol. The average molecular weight is 279 g/mol. The fourth-order valence-corrected chi connectivity index (χ4v) is 4.01. The van der Waals surface area contributed by atoms with Gasteiger partial charge in [0.25, 0.3) is 0 Å². The van der Waals surface area contributed by atoms with Gasteiger partial charge in [-0.05, 0) is 45.6 Å². The van der Waals surface area contributed by atoms with Crippen molar-refractivity contribution in [1.29, 1.82) is 0 Å². The van der Waals surface area contributed by atoms with Gasteiger partial charge in [0.1, 0.15) is 0 Å². The quantitative estimate of drug-likeness (QED) is 0.829. The fraction of sp³-hybridized carbons (Fsp3) is 0.800. The topological polar surface area (TPSA) is 28.2 Å². The molecule has 0 unspecified atom stereocenters. The summed E-state index contributed by atoms with van der Waals surface area (Å²) in [5.41, 5.74) is 1.39. The van der Waals surface area contributed by atoms with Crippen molar-refractivity contribution in [1.82, 2.24) is 10.3 Å². The zero-order valence-electron chi connectivity index (χ0n) is 12.1. The number of nitrogens with one attached hydrogen (secondary N) is 1. The predicted octanol–water partition coefficient (Wildman–Crippen LogP) is 3.37. The molecular weight excluding hydrogens is 254 g/mol. The molecule has 1 aromatic rings. The standard InChI is InChI=1S/C15H25N3S/c1-3-18(10-11-5-4-6-11)15-17-14(12-7-8-12)13(19-15)9-16-2/h11-12,16H,3-10H2,1-2H3. The summed E-state index contributed by atoms with van der Waals surface area (Å²) in [6.45, 7) is 5.54. The van der Waals surface area contributed by atoms with Crippen LogP contribution in [0.25, 0.3) is 0 Å². The van der Waals surface area contributed by atoms with Crippen LogP contribution in [0, 0.1) is 5.92 Å². The van der Waals surface area contributed by atoms with Gasteiger partial charge in [0.05, 0.1) is 5.69 Å². The van der Waals surface area contributed by atoms with E-state index in [1.54, 1.807) is 0 Å². The Balaban J connectivity index is 1.75. The van der Waals surface area contributed by atoms with E-state index in [1.165, 1.54) is 54.4 Å². The average Bonchev–Trinajstić information content (AvgIpc) is 3.11.